The van der Waals surface area contributed by atoms with Gasteiger partial charge in [-0.1, -0.05) is 42.5 Å². The van der Waals surface area contributed by atoms with Crippen molar-refractivity contribution < 1.29 is 9.59 Å². The van der Waals surface area contributed by atoms with Gasteiger partial charge in [-0.05, 0) is 23.3 Å². The molecule has 0 aliphatic carbocycles. The lowest BCUT2D eigenvalue weighted by Gasteiger charge is -2.21. The van der Waals surface area contributed by atoms with Gasteiger partial charge in [-0.3, -0.25) is 19.5 Å². The summed E-state index contributed by atoms with van der Waals surface area (Å²) in [6, 6.07) is 17.2. The Balaban J connectivity index is 1.71. The molecule has 2 aliphatic rings. The number of hydrazone groups is 1. The highest BCUT2D eigenvalue weighted by Crippen LogP contribution is 2.35. The second kappa shape index (κ2) is 6.54. The van der Waals surface area contributed by atoms with Gasteiger partial charge in [0.1, 0.15) is 12.0 Å². The van der Waals surface area contributed by atoms with E-state index in [0.29, 0.717) is 12.3 Å². The average molecular weight is 362 g/mol. The maximum absolute atomic E-state index is 12.7. The van der Waals surface area contributed by atoms with Crippen LogP contribution in [0.1, 0.15) is 11.1 Å². The van der Waals surface area contributed by atoms with Crippen molar-refractivity contribution in [2.24, 2.45) is 11.0 Å². The van der Waals surface area contributed by atoms with Gasteiger partial charge < -0.3 is 4.90 Å². The molecule has 138 valence electrons. The molecule has 2 aromatic rings. The number of likely N-dealkylation sites (N-methyl/N-ethyl adjacent to an activating group) is 1. The van der Waals surface area contributed by atoms with Crippen molar-refractivity contribution in [3.63, 3.8) is 0 Å². The smallest absolute Gasteiger partial charge is 0.254 e. The minimum atomic E-state index is -0.564. The zero-order valence-corrected chi connectivity index (χ0v) is 15.7. The number of carbonyl (C=O) groups excluding carboxylic acids is 2. The number of rotatable bonds is 4. The number of amides is 2. The Labute approximate surface area is 158 Å². The molecule has 1 fully saturated rings. The van der Waals surface area contributed by atoms with Crippen LogP contribution in [-0.4, -0.2) is 54.6 Å². The summed E-state index contributed by atoms with van der Waals surface area (Å²) in [5, 5.41) is 6.48. The summed E-state index contributed by atoms with van der Waals surface area (Å²) in [6.07, 6.45) is 0. The first-order valence-electron chi connectivity index (χ1n) is 8.95. The second-order valence-corrected chi connectivity index (χ2v) is 7.17. The van der Waals surface area contributed by atoms with Gasteiger partial charge in [0.25, 0.3) is 5.91 Å². The third-order valence-electron chi connectivity index (χ3n) is 5.21. The van der Waals surface area contributed by atoms with Crippen LogP contribution in [0.2, 0.25) is 0 Å². The monoisotopic (exact) mass is 362 g/mol. The van der Waals surface area contributed by atoms with Gasteiger partial charge >= 0.3 is 0 Å². The van der Waals surface area contributed by atoms with Crippen LogP contribution >= 0.6 is 0 Å². The summed E-state index contributed by atoms with van der Waals surface area (Å²) in [7, 11) is 5.51. The lowest BCUT2D eigenvalue weighted by Crippen LogP contribution is -2.37. The number of hydrogen-bond donors (Lipinski definition) is 0. The first-order valence-corrected chi connectivity index (χ1v) is 8.95. The van der Waals surface area contributed by atoms with Crippen molar-refractivity contribution in [3.8, 4) is 0 Å². The van der Waals surface area contributed by atoms with Crippen LogP contribution in [0.3, 0.4) is 0 Å². The summed E-state index contributed by atoms with van der Waals surface area (Å²) < 4.78 is 0. The Bertz CT molecular complexity index is 906. The summed E-state index contributed by atoms with van der Waals surface area (Å²) in [6.45, 7) is 0.494. The predicted octanol–water partition coefficient (Wildman–Crippen LogP) is 1.96. The van der Waals surface area contributed by atoms with E-state index in [1.807, 2.05) is 73.6 Å². The van der Waals surface area contributed by atoms with Gasteiger partial charge in [0.15, 0.2) is 0 Å². The lowest BCUT2D eigenvalue weighted by atomic mass is 9.92. The fraction of sp³-hybridized carbons (Fsp3) is 0.286. The lowest BCUT2D eigenvalue weighted by molar-refractivity contribution is -0.138. The van der Waals surface area contributed by atoms with E-state index < -0.39 is 12.0 Å². The summed E-state index contributed by atoms with van der Waals surface area (Å²) in [5.41, 5.74) is 3.67. The van der Waals surface area contributed by atoms with Crippen LogP contribution in [0.15, 0.2) is 59.7 Å². The van der Waals surface area contributed by atoms with Crippen LogP contribution in [0.25, 0.3) is 0 Å². The molecule has 4 rings (SSSR count). The SMILES string of the molecule is CN1C(=O)[C@@H]2C(c3ccc(N(C)C)cc3)=NN(Cc3ccccc3)[C@@H]2C1=O. The molecule has 6 heteroatoms. The van der Waals surface area contributed by atoms with E-state index in [1.165, 1.54) is 4.90 Å². The number of hydrogen-bond acceptors (Lipinski definition) is 5. The Kier molecular flexibility index (Phi) is 4.18. The van der Waals surface area contributed by atoms with Crippen molar-refractivity contribution >= 4 is 23.2 Å². The molecule has 0 N–H and O–H groups in total. The molecular weight excluding hydrogens is 340 g/mol. The van der Waals surface area contributed by atoms with Crippen LogP contribution in [0, 0.1) is 5.92 Å². The molecule has 2 heterocycles. The summed E-state index contributed by atoms with van der Waals surface area (Å²) in [4.78, 5) is 28.7. The number of fused-ring (bicyclic) bond motifs is 1. The van der Waals surface area contributed by atoms with Crippen LogP contribution in [-0.2, 0) is 16.1 Å². The van der Waals surface area contributed by atoms with Crippen molar-refractivity contribution in [2.75, 3.05) is 26.0 Å². The number of likely N-dealkylation sites (tertiary alicyclic amines) is 1. The highest BCUT2D eigenvalue weighted by molar-refractivity contribution is 6.23. The molecule has 0 radical (unpaired) electrons. The fourth-order valence-electron chi connectivity index (χ4n) is 3.69. The first kappa shape index (κ1) is 17.3. The minimum absolute atomic E-state index is 0.184. The number of carbonyl (C=O) groups is 2. The maximum Gasteiger partial charge on any atom is 0.254 e. The van der Waals surface area contributed by atoms with Gasteiger partial charge in [-0.2, -0.15) is 5.10 Å². The Morgan fingerprint density at radius 3 is 2.26 bits per heavy atom. The molecule has 2 aliphatic heterocycles. The van der Waals surface area contributed by atoms with Gasteiger partial charge in [-0.25, -0.2) is 0 Å². The van der Waals surface area contributed by atoms with Crippen LogP contribution in [0.5, 0.6) is 0 Å². The average Bonchev–Trinajstić information content (AvgIpc) is 3.15. The Hall–Kier alpha value is -3.15. The number of nitrogens with zero attached hydrogens (tertiary/aromatic N) is 4. The number of imide groups is 1. The van der Waals surface area contributed by atoms with Gasteiger partial charge in [0.05, 0.1) is 12.3 Å². The molecule has 27 heavy (non-hydrogen) atoms. The van der Waals surface area contributed by atoms with E-state index in [9.17, 15) is 9.59 Å². The van der Waals surface area contributed by atoms with Crippen molar-refractivity contribution in [1.29, 1.82) is 0 Å². The highest BCUT2D eigenvalue weighted by Gasteiger charge is 2.55. The zero-order chi connectivity index (χ0) is 19.1. The van der Waals surface area contributed by atoms with Crippen LogP contribution < -0.4 is 4.90 Å². The van der Waals surface area contributed by atoms with Crippen molar-refractivity contribution in [2.45, 2.75) is 12.6 Å². The first-order chi connectivity index (χ1) is 13.0. The number of anilines is 1. The normalized spacial score (nSPS) is 21.5. The standard InChI is InChI=1S/C21H22N4O2/c1-23(2)16-11-9-15(10-12-16)18-17-19(21(27)24(3)20(17)26)25(22-18)13-14-7-5-4-6-8-14/h4-12,17,19H,13H2,1-3H3/t17-,19+/m1/s1. The summed E-state index contributed by atoms with van der Waals surface area (Å²) in [5.74, 6) is -0.919. The van der Waals surface area contributed by atoms with E-state index in [0.717, 1.165) is 16.8 Å². The molecule has 2 amide bonds. The quantitative estimate of drug-likeness (QED) is 0.780. The van der Waals surface area contributed by atoms with E-state index >= 15 is 0 Å². The number of benzene rings is 2. The second-order valence-electron chi connectivity index (χ2n) is 7.17. The Morgan fingerprint density at radius 1 is 0.963 bits per heavy atom. The molecule has 0 bridgehead atoms. The van der Waals surface area contributed by atoms with Gasteiger partial charge in [0, 0.05) is 26.8 Å². The molecular formula is C21H22N4O2. The molecule has 0 aromatic heterocycles. The van der Waals surface area contributed by atoms with Crippen molar-refractivity contribution in [1.82, 2.24) is 9.91 Å². The summed E-state index contributed by atoms with van der Waals surface area (Å²) >= 11 is 0. The van der Waals surface area contributed by atoms with E-state index in [1.54, 1.807) is 12.1 Å². The highest BCUT2D eigenvalue weighted by atomic mass is 16.2. The van der Waals surface area contributed by atoms with E-state index in [4.69, 9.17) is 5.10 Å². The molecule has 0 saturated carbocycles. The molecule has 1 saturated heterocycles. The Morgan fingerprint density at radius 2 is 1.63 bits per heavy atom. The molecule has 6 nitrogen and oxygen atoms in total. The van der Waals surface area contributed by atoms with E-state index in [-0.39, 0.29) is 11.8 Å². The van der Waals surface area contributed by atoms with Gasteiger partial charge in [-0.15, -0.1) is 0 Å². The topological polar surface area (TPSA) is 56.2 Å². The predicted molar refractivity (Wildman–Crippen MR) is 104 cm³/mol. The maximum atomic E-state index is 12.7. The van der Waals surface area contributed by atoms with Crippen molar-refractivity contribution in [3.05, 3.63) is 65.7 Å². The third kappa shape index (κ3) is 2.87. The molecule has 0 spiro atoms. The largest absolute Gasteiger partial charge is 0.378 e. The van der Waals surface area contributed by atoms with Gasteiger partial charge in [0.2, 0.25) is 5.91 Å². The third-order valence-corrected chi connectivity index (χ3v) is 5.21. The molecule has 2 atom stereocenters. The molecule has 0 unspecified atom stereocenters. The zero-order valence-electron chi connectivity index (χ0n) is 15.7. The fourth-order valence-corrected chi connectivity index (χ4v) is 3.69. The minimum Gasteiger partial charge on any atom is -0.378 e. The molecule has 2 aromatic carbocycles. The van der Waals surface area contributed by atoms with E-state index in [2.05, 4.69) is 0 Å². The van der Waals surface area contributed by atoms with Crippen LogP contribution in [0.4, 0.5) is 5.69 Å².